The largest absolute Gasteiger partial charge is 0.493 e. The smallest absolute Gasteiger partial charge is 0.204 e. The van der Waals surface area contributed by atoms with E-state index < -0.39 is 0 Å². The van der Waals surface area contributed by atoms with E-state index in [2.05, 4.69) is 30.1 Å². The first-order valence-corrected chi connectivity index (χ1v) is 6.96. The molecule has 1 aromatic heterocycles. The van der Waals surface area contributed by atoms with Gasteiger partial charge in [-0.1, -0.05) is 13.0 Å². The maximum absolute atomic E-state index is 5.61. The SMILES string of the molecule is CCc1ccc2[nH]c3cc(OC)c(OC)c(OC)c3c2c1. The van der Waals surface area contributed by atoms with Crippen LogP contribution in [0.5, 0.6) is 17.2 Å². The Balaban J connectivity index is 2.46. The van der Waals surface area contributed by atoms with Crippen molar-refractivity contribution in [2.45, 2.75) is 13.3 Å². The summed E-state index contributed by atoms with van der Waals surface area (Å²) in [4.78, 5) is 3.41. The Bertz CT molecular complexity index is 805. The molecule has 4 nitrogen and oxygen atoms in total. The molecule has 1 heterocycles. The van der Waals surface area contributed by atoms with Crippen LogP contribution in [0.2, 0.25) is 0 Å². The average Bonchev–Trinajstić information content (AvgIpc) is 2.89. The molecule has 0 spiro atoms. The number of aromatic nitrogens is 1. The predicted octanol–water partition coefficient (Wildman–Crippen LogP) is 3.91. The number of methoxy groups -OCH3 is 3. The quantitative estimate of drug-likeness (QED) is 0.790. The van der Waals surface area contributed by atoms with Gasteiger partial charge in [-0.3, -0.25) is 0 Å². The van der Waals surface area contributed by atoms with E-state index in [9.17, 15) is 0 Å². The number of aromatic amines is 1. The summed E-state index contributed by atoms with van der Waals surface area (Å²) in [6, 6.07) is 8.39. The van der Waals surface area contributed by atoms with Gasteiger partial charge in [0.15, 0.2) is 11.5 Å². The minimum absolute atomic E-state index is 0.621. The number of aryl methyl sites for hydroxylation is 1. The van der Waals surface area contributed by atoms with Crippen molar-refractivity contribution in [2.75, 3.05) is 21.3 Å². The predicted molar refractivity (Wildman–Crippen MR) is 84.8 cm³/mol. The van der Waals surface area contributed by atoms with Crippen LogP contribution in [0.25, 0.3) is 21.8 Å². The molecule has 0 aliphatic carbocycles. The van der Waals surface area contributed by atoms with Gasteiger partial charge in [0.25, 0.3) is 0 Å². The van der Waals surface area contributed by atoms with Crippen LogP contribution in [0, 0.1) is 0 Å². The Morgan fingerprint density at radius 3 is 2.29 bits per heavy atom. The molecule has 0 amide bonds. The first-order chi connectivity index (χ1) is 10.2. The first-order valence-electron chi connectivity index (χ1n) is 6.96. The molecule has 2 aromatic carbocycles. The molecule has 4 heteroatoms. The van der Waals surface area contributed by atoms with Crippen LogP contribution in [0.1, 0.15) is 12.5 Å². The van der Waals surface area contributed by atoms with Gasteiger partial charge >= 0.3 is 0 Å². The second kappa shape index (κ2) is 5.20. The van der Waals surface area contributed by atoms with Gasteiger partial charge < -0.3 is 19.2 Å². The fourth-order valence-electron chi connectivity index (χ4n) is 2.79. The maximum Gasteiger partial charge on any atom is 0.204 e. The summed E-state index contributed by atoms with van der Waals surface area (Å²) in [5.41, 5.74) is 3.35. The van der Waals surface area contributed by atoms with Gasteiger partial charge in [0.2, 0.25) is 5.75 Å². The van der Waals surface area contributed by atoms with Crippen molar-refractivity contribution in [2.24, 2.45) is 0 Å². The van der Waals surface area contributed by atoms with Crippen LogP contribution in [0.3, 0.4) is 0 Å². The Kier molecular flexibility index (Phi) is 3.37. The minimum atomic E-state index is 0.621. The summed E-state index contributed by atoms with van der Waals surface area (Å²) in [6.45, 7) is 2.15. The monoisotopic (exact) mass is 285 g/mol. The summed E-state index contributed by atoms with van der Waals surface area (Å²) in [5.74, 6) is 1.98. The lowest BCUT2D eigenvalue weighted by molar-refractivity contribution is 0.327. The highest BCUT2D eigenvalue weighted by atomic mass is 16.5. The van der Waals surface area contributed by atoms with E-state index in [1.807, 2.05) is 6.07 Å². The van der Waals surface area contributed by atoms with Crippen molar-refractivity contribution in [1.82, 2.24) is 4.98 Å². The summed E-state index contributed by atoms with van der Waals surface area (Å²) < 4.78 is 16.5. The fourth-order valence-corrected chi connectivity index (χ4v) is 2.79. The number of benzene rings is 2. The Morgan fingerprint density at radius 1 is 0.905 bits per heavy atom. The van der Waals surface area contributed by atoms with Gasteiger partial charge in [0.1, 0.15) is 0 Å². The molecule has 0 atom stereocenters. The Morgan fingerprint density at radius 2 is 1.67 bits per heavy atom. The van der Waals surface area contributed by atoms with Crippen molar-refractivity contribution >= 4 is 21.8 Å². The highest BCUT2D eigenvalue weighted by Crippen LogP contribution is 2.46. The lowest BCUT2D eigenvalue weighted by Gasteiger charge is -2.13. The summed E-state index contributed by atoms with van der Waals surface area (Å²) in [5, 5.41) is 2.17. The normalized spacial score (nSPS) is 11.0. The van der Waals surface area contributed by atoms with Crippen molar-refractivity contribution in [3.63, 3.8) is 0 Å². The molecule has 0 unspecified atom stereocenters. The molecule has 3 aromatic rings. The van der Waals surface area contributed by atoms with Crippen molar-refractivity contribution in [3.05, 3.63) is 29.8 Å². The maximum atomic E-state index is 5.61. The molecule has 0 bridgehead atoms. The van der Waals surface area contributed by atoms with E-state index in [0.29, 0.717) is 17.2 Å². The summed E-state index contributed by atoms with van der Waals surface area (Å²) >= 11 is 0. The van der Waals surface area contributed by atoms with Gasteiger partial charge in [-0.2, -0.15) is 0 Å². The molecule has 0 saturated heterocycles. The molecule has 0 fully saturated rings. The van der Waals surface area contributed by atoms with Crippen molar-refractivity contribution in [3.8, 4) is 17.2 Å². The van der Waals surface area contributed by atoms with Crippen LogP contribution in [-0.4, -0.2) is 26.3 Å². The number of rotatable bonds is 4. The molecule has 3 rings (SSSR count). The number of H-pyrrole nitrogens is 1. The van der Waals surface area contributed by atoms with Crippen LogP contribution >= 0.6 is 0 Å². The molecular formula is C17H19NO3. The zero-order valence-electron chi connectivity index (χ0n) is 12.7. The Labute approximate surface area is 123 Å². The number of fused-ring (bicyclic) bond motifs is 3. The Hall–Kier alpha value is -2.36. The van der Waals surface area contributed by atoms with E-state index in [-0.39, 0.29) is 0 Å². The minimum Gasteiger partial charge on any atom is -0.493 e. The molecular weight excluding hydrogens is 266 g/mol. The highest BCUT2D eigenvalue weighted by molar-refractivity contribution is 6.12. The van der Waals surface area contributed by atoms with Gasteiger partial charge in [-0.15, -0.1) is 0 Å². The standard InChI is InChI=1S/C17H19NO3/c1-5-10-6-7-12-11(8-10)15-13(18-12)9-14(19-2)16(20-3)17(15)21-4/h6-9,18H,5H2,1-4H3. The lowest BCUT2D eigenvalue weighted by Crippen LogP contribution is -1.95. The van der Waals surface area contributed by atoms with Gasteiger partial charge in [-0.05, 0) is 24.1 Å². The lowest BCUT2D eigenvalue weighted by atomic mass is 10.1. The zero-order chi connectivity index (χ0) is 15.0. The average molecular weight is 285 g/mol. The van der Waals surface area contributed by atoms with E-state index in [1.54, 1.807) is 21.3 Å². The molecule has 21 heavy (non-hydrogen) atoms. The molecule has 0 aliphatic rings. The van der Waals surface area contributed by atoms with E-state index in [0.717, 1.165) is 28.2 Å². The molecule has 0 radical (unpaired) electrons. The second-order valence-corrected chi connectivity index (χ2v) is 4.93. The molecule has 110 valence electrons. The van der Waals surface area contributed by atoms with E-state index in [1.165, 1.54) is 5.56 Å². The van der Waals surface area contributed by atoms with Crippen LogP contribution in [0.4, 0.5) is 0 Å². The fraction of sp³-hybridized carbons (Fsp3) is 0.294. The van der Waals surface area contributed by atoms with Gasteiger partial charge in [0.05, 0.1) is 32.2 Å². The van der Waals surface area contributed by atoms with Crippen molar-refractivity contribution < 1.29 is 14.2 Å². The second-order valence-electron chi connectivity index (χ2n) is 4.93. The third kappa shape index (κ3) is 1.98. The van der Waals surface area contributed by atoms with Gasteiger partial charge in [-0.25, -0.2) is 0 Å². The van der Waals surface area contributed by atoms with Crippen LogP contribution in [0.15, 0.2) is 24.3 Å². The van der Waals surface area contributed by atoms with E-state index in [4.69, 9.17) is 14.2 Å². The van der Waals surface area contributed by atoms with Crippen LogP contribution in [-0.2, 0) is 6.42 Å². The third-order valence-corrected chi connectivity index (χ3v) is 3.86. The third-order valence-electron chi connectivity index (χ3n) is 3.86. The summed E-state index contributed by atoms with van der Waals surface area (Å²) in [7, 11) is 4.90. The first kappa shape index (κ1) is 13.6. The number of nitrogens with one attached hydrogen (secondary N) is 1. The van der Waals surface area contributed by atoms with Crippen LogP contribution < -0.4 is 14.2 Å². The molecule has 0 aliphatic heterocycles. The van der Waals surface area contributed by atoms with E-state index >= 15 is 0 Å². The molecule has 1 N–H and O–H groups in total. The topological polar surface area (TPSA) is 43.5 Å². The number of hydrogen-bond donors (Lipinski definition) is 1. The zero-order valence-corrected chi connectivity index (χ0v) is 12.7. The summed E-state index contributed by atoms with van der Waals surface area (Å²) in [6.07, 6.45) is 0.998. The van der Waals surface area contributed by atoms with Crippen molar-refractivity contribution in [1.29, 1.82) is 0 Å². The number of hydrogen-bond acceptors (Lipinski definition) is 3. The number of ether oxygens (including phenoxy) is 3. The molecule has 0 saturated carbocycles. The van der Waals surface area contributed by atoms with Gasteiger partial charge in [0, 0.05) is 17.0 Å². The highest BCUT2D eigenvalue weighted by Gasteiger charge is 2.19.